The van der Waals surface area contributed by atoms with Gasteiger partial charge in [0.2, 0.25) is 12.7 Å². The average molecular weight is 285 g/mol. The van der Waals surface area contributed by atoms with E-state index in [0.717, 1.165) is 11.3 Å². The van der Waals surface area contributed by atoms with Gasteiger partial charge in [-0.25, -0.2) is 0 Å². The van der Waals surface area contributed by atoms with Gasteiger partial charge < -0.3 is 19.2 Å². The third-order valence-corrected chi connectivity index (χ3v) is 3.20. The van der Waals surface area contributed by atoms with Crippen molar-refractivity contribution < 1.29 is 18.7 Å². The molecule has 1 aromatic carbocycles. The summed E-state index contributed by atoms with van der Waals surface area (Å²) in [6.07, 6.45) is 4.64. The minimum atomic E-state index is -0.184. The number of ether oxygens (including phenoxy) is 2. The van der Waals surface area contributed by atoms with Crippen LogP contribution in [0.15, 0.2) is 47.1 Å². The second-order valence-corrected chi connectivity index (χ2v) is 4.69. The van der Waals surface area contributed by atoms with Gasteiger partial charge in [0, 0.05) is 6.08 Å². The van der Waals surface area contributed by atoms with Crippen LogP contribution in [0.1, 0.15) is 24.3 Å². The van der Waals surface area contributed by atoms with Crippen molar-refractivity contribution in [2.75, 3.05) is 6.79 Å². The quantitative estimate of drug-likeness (QED) is 0.877. The number of furan rings is 1. The summed E-state index contributed by atoms with van der Waals surface area (Å²) in [4.78, 5) is 11.9. The van der Waals surface area contributed by atoms with Gasteiger partial charge in [0.1, 0.15) is 5.76 Å². The van der Waals surface area contributed by atoms with E-state index in [0.29, 0.717) is 11.5 Å². The van der Waals surface area contributed by atoms with Gasteiger partial charge in [-0.2, -0.15) is 0 Å². The zero-order chi connectivity index (χ0) is 14.7. The fraction of sp³-hybridized carbons (Fsp3) is 0.188. The fourth-order valence-corrected chi connectivity index (χ4v) is 2.07. The molecule has 1 N–H and O–H groups in total. The van der Waals surface area contributed by atoms with E-state index in [4.69, 9.17) is 13.9 Å². The Kier molecular flexibility index (Phi) is 3.64. The molecule has 1 amide bonds. The Bertz CT molecular complexity index is 661. The summed E-state index contributed by atoms with van der Waals surface area (Å²) in [7, 11) is 0. The smallest absolute Gasteiger partial charge is 0.244 e. The minimum Gasteiger partial charge on any atom is -0.465 e. The molecule has 1 aromatic heterocycles. The molecule has 0 saturated heterocycles. The first-order chi connectivity index (χ1) is 10.2. The molecule has 0 bridgehead atoms. The van der Waals surface area contributed by atoms with Gasteiger partial charge in [-0.05, 0) is 42.8 Å². The number of nitrogens with one attached hydrogen (secondary N) is 1. The van der Waals surface area contributed by atoms with Crippen molar-refractivity contribution in [1.82, 2.24) is 5.32 Å². The lowest BCUT2D eigenvalue weighted by atomic mass is 10.1. The van der Waals surface area contributed by atoms with Crippen LogP contribution in [0.3, 0.4) is 0 Å². The Morgan fingerprint density at radius 2 is 2.14 bits per heavy atom. The second kappa shape index (κ2) is 5.75. The summed E-state index contributed by atoms with van der Waals surface area (Å²) in [5, 5.41) is 2.89. The zero-order valence-electron chi connectivity index (χ0n) is 11.5. The number of hydrogen-bond donors (Lipinski definition) is 1. The van der Waals surface area contributed by atoms with Crippen LogP contribution in [-0.2, 0) is 4.79 Å². The van der Waals surface area contributed by atoms with E-state index in [1.807, 2.05) is 25.1 Å². The number of fused-ring (bicyclic) bond motifs is 1. The Hall–Kier alpha value is -2.69. The van der Waals surface area contributed by atoms with Gasteiger partial charge in [-0.3, -0.25) is 4.79 Å². The predicted octanol–water partition coefficient (Wildman–Crippen LogP) is 2.90. The normalized spacial score (nSPS) is 14.3. The van der Waals surface area contributed by atoms with Gasteiger partial charge in [0.05, 0.1) is 12.3 Å². The molecule has 21 heavy (non-hydrogen) atoms. The lowest BCUT2D eigenvalue weighted by molar-refractivity contribution is -0.117. The van der Waals surface area contributed by atoms with E-state index in [-0.39, 0.29) is 18.7 Å². The molecule has 0 fully saturated rings. The van der Waals surface area contributed by atoms with Crippen molar-refractivity contribution in [2.45, 2.75) is 13.0 Å². The molecule has 0 radical (unpaired) electrons. The SMILES string of the molecule is CC(NC(=O)/C=C/c1ccco1)c1ccc2c(c1)OCO2. The molecule has 0 saturated carbocycles. The third kappa shape index (κ3) is 3.08. The van der Waals surface area contributed by atoms with Crippen LogP contribution in [0.2, 0.25) is 0 Å². The molecule has 1 aliphatic heterocycles. The number of hydrogen-bond acceptors (Lipinski definition) is 4. The van der Waals surface area contributed by atoms with Crippen LogP contribution in [-0.4, -0.2) is 12.7 Å². The number of amides is 1. The number of carbonyl (C=O) groups excluding carboxylic acids is 1. The Labute approximate surface area is 122 Å². The first kappa shape index (κ1) is 13.3. The van der Waals surface area contributed by atoms with Crippen LogP contribution in [0.25, 0.3) is 6.08 Å². The van der Waals surface area contributed by atoms with E-state index in [1.54, 1.807) is 24.5 Å². The molecule has 2 heterocycles. The highest BCUT2D eigenvalue weighted by molar-refractivity contribution is 5.91. The van der Waals surface area contributed by atoms with E-state index in [1.165, 1.54) is 6.08 Å². The molecule has 1 unspecified atom stereocenters. The van der Waals surface area contributed by atoms with Crippen LogP contribution in [0.5, 0.6) is 11.5 Å². The second-order valence-electron chi connectivity index (χ2n) is 4.69. The minimum absolute atomic E-state index is 0.131. The summed E-state index contributed by atoms with van der Waals surface area (Å²) in [6, 6.07) is 9.06. The first-order valence-corrected chi connectivity index (χ1v) is 6.64. The summed E-state index contributed by atoms with van der Waals surface area (Å²) in [5.41, 5.74) is 0.957. The van der Waals surface area contributed by atoms with Gasteiger partial charge in [-0.1, -0.05) is 6.07 Å². The van der Waals surface area contributed by atoms with Crippen molar-refractivity contribution in [3.63, 3.8) is 0 Å². The third-order valence-electron chi connectivity index (χ3n) is 3.20. The molecule has 3 rings (SSSR count). The predicted molar refractivity (Wildman–Crippen MR) is 76.9 cm³/mol. The fourth-order valence-electron chi connectivity index (χ4n) is 2.07. The molecular weight excluding hydrogens is 270 g/mol. The summed E-state index contributed by atoms with van der Waals surface area (Å²) < 4.78 is 15.7. The molecule has 0 aliphatic carbocycles. The average Bonchev–Trinajstić information content (AvgIpc) is 3.15. The molecular formula is C16H15NO4. The van der Waals surface area contributed by atoms with Crippen LogP contribution in [0.4, 0.5) is 0 Å². The van der Waals surface area contributed by atoms with E-state index in [9.17, 15) is 4.79 Å². The molecule has 5 heteroatoms. The van der Waals surface area contributed by atoms with Crippen molar-refractivity contribution in [2.24, 2.45) is 0 Å². The van der Waals surface area contributed by atoms with E-state index >= 15 is 0 Å². The molecule has 1 atom stereocenters. The highest BCUT2D eigenvalue weighted by Crippen LogP contribution is 2.34. The van der Waals surface area contributed by atoms with E-state index < -0.39 is 0 Å². The maximum Gasteiger partial charge on any atom is 0.244 e. The maximum atomic E-state index is 11.9. The maximum absolute atomic E-state index is 11.9. The Morgan fingerprint density at radius 3 is 2.95 bits per heavy atom. The van der Waals surface area contributed by atoms with Crippen molar-refractivity contribution >= 4 is 12.0 Å². The Balaban J connectivity index is 1.63. The highest BCUT2D eigenvalue weighted by atomic mass is 16.7. The molecule has 0 spiro atoms. The van der Waals surface area contributed by atoms with Crippen molar-refractivity contribution in [3.8, 4) is 11.5 Å². The van der Waals surface area contributed by atoms with Crippen molar-refractivity contribution in [1.29, 1.82) is 0 Å². The lowest BCUT2D eigenvalue weighted by Crippen LogP contribution is -2.24. The van der Waals surface area contributed by atoms with Gasteiger partial charge in [-0.15, -0.1) is 0 Å². The summed E-state index contributed by atoms with van der Waals surface area (Å²) in [6.45, 7) is 2.15. The van der Waals surface area contributed by atoms with Crippen LogP contribution < -0.4 is 14.8 Å². The van der Waals surface area contributed by atoms with Crippen LogP contribution in [0, 0.1) is 0 Å². The van der Waals surface area contributed by atoms with Crippen molar-refractivity contribution in [3.05, 3.63) is 54.0 Å². The van der Waals surface area contributed by atoms with Crippen LogP contribution >= 0.6 is 0 Å². The van der Waals surface area contributed by atoms with Gasteiger partial charge >= 0.3 is 0 Å². The monoisotopic (exact) mass is 285 g/mol. The number of benzene rings is 1. The number of carbonyl (C=O) groups is 1. The zero-order valence-corrected chi connectivity index (χ0v) is 11.5. The highest BCUT2D eigenvalue weighted by Gasteiger charge is 2.16. The first-order valence-electron chi connectivity index (χ1n) is 6.64. The lowest BCUT2D eigenvalue weighted by Gasteiger charge is -2.13. The van der Waals surface area contributed by atoms with Gasteiger partial charge in [0.15, 0.2) is 11.5 Å². The topological polar surface area (TPSA) is 60.7 Å². The summed E-state index contributed by atoms with van der Waals surface area (Å²) in [5.74, 6) is 1.90. The number of rotatable bonds is 4. The standard InChI is InChI=1S/C16H15NO4/c1-11(12-4-6-14-15(9-12)21-10-20-14)17-16(18)7-5-13-3-2-8-19-13/h2-9,11H,10H2,1H3,(H,17,18)/b7-5+. The molecule has 2 aromatic rings. The Morgan fingerprint density at radius 1 is 1.29 bits per heavy atom. The van der Waals surface area contributed by atoms with Gasteiger partial charge in [0.25, 0.3) is 0 Å². The van der Waals surface area contributed by atoms with E-state index in [2.05, 4.69) is 5.32 Å². The molecule has 1 aliphatic rings. The molecule has 5 nitrogen and oxygen atoms in total. The molecule has 108 valence electrons. The summed E-state index contributed by atoms with van der Waals surface area (Å²) >= 11 is 0. The largest absolute Gasteiger partial charge is 0.465 e.